The molecule has 0 aromatic heterocycles. The molecule has 0 saturated carbocycles. The van der Waals surface area contributed by atoms with Crippen molar-refractivity contribution in [3.63, 3.8) is 0 Å². The van der Waals surface area contributed by atoms with Crippen LogP contribution in [0.3, 0.4) is 0 Å². The number of amidine groups is 1. The molecule has 0 aliphatic carbocycles. The van der Waals surface area contributed by atoms with Gasteiger partial charge in [-0.1, -0.05) is 62.0 Å². The van der Waals surface area contributed by atoms with E-state index in [1.54, 1.807) is 36.3 Å². The van der Waals surface area contributed by atoms with Crippen LogP contribution < -0.4 is 10.1 Å². The smallest absolute Gasteiger partial charge is 0.238 e. The van der Waals surface area contributed by atoms with Crippen LogP contribution in [0, 0.1) is 0 Å². The molecule has 1 aliphatic rings. The minimum atomic E-state index is -0.565. The molecule has 1 N–H and O–H groups in total. The lowest BCUT2D eigenvalue weighted by Gasteiger charge is -2.32. The number of halogens is 1. The van der Waals surface area contributed by atoms with Crippen LogP contribution >= 0.6 is 23.4 Å². The number of anilines is 1. The summed E-state index contributed by atoms with van der Waals surface area (Å²) in [6, 6.07) is 14.3. The highest BCUT2D eigenvalue weighted by molar-refractivity contribution is 8.15. The number of rotatable bonds is 10. The molecule has 1 atom stereocenters. The van der Waals surface area contributed by atoms with Crippen molar-refractivity contribution >= 4 is 51.7 Å². The van der Waals surface area contributed by atoms with Gasteiger partial charge >= 0.3 is 0 Å². The highest BCUT2D eigenvalue weighted by Crippen LogP contribution is 2.31. The van der Waals surface area contributed by atoms with Gasteiger partial charge in [0.2, 0.25) is 11.8 Å². The number of ether oxygens (including phenoxy) is 1. The lowest BCUT2D eigenvalue weighted by atomic mass is 10.1. The first-order valence-electron chi connectivity index (χ1n) is 11.3. The summed E-state index contributed by atoms with van der Waals surface area (Å²) in [7, 11) is 1.61. The SMILES string of the molecule is CCCCCCCN1C(=O)CC(C(=O)Nc2cccc(Cl)c2)SC1=Nc1ccc(OC)cc1. The van der Waals surface area contributed by atoms with E-state index in [-0.39, 0.29) is 18.2 Å². The Hall–Kier alpha value is -2.51. The Kier molecular flexibility index (Phi) is 9.63. The molecule has 2 aromatic carbocycles. The van der Waals surface area contributed by atoms with Crippen molar-refractivity contribution < 1.29 is 14.3 Å². The van der Waals surface area contributed by atoms with E-state index in [0.29, 0.717) is 28.1 Å². The van der Waals surface area contributed by atoms with Crippen LogP contribution in [-0.4, -0.2) is 40.8 Å². The number of carbonyl (C=O) groups excluding carboxylic acids is 2. The lowest BCUT2D eigenvalue weighted by Crippen LogP contribution is -2.45. The molecule has 1 aliphatic heterocycles. The molecule has 8 heteroatoms. The molecule has 1 saturated heterocycles. The van der Waals surface area contributed by atoms with Crippen LogP contribution in [0.2, 0.25) is 5.02 Å². The molecule has 0 radical (unpaired) electrons. The third-order valence-electron chi connectivity index (χ3n) is 5.31. The van der Waals surface area contributed by atoms with Crippen molar-refractivity contribution in [2.24, 2.45) is 4.99 Å². The van der Waals surface area contributed by atoms with Gasteiger partial charge in [0.25, 0.3) is 0 Å². The summed E-state index contributed by atoms with van der Waals surface area (Å²) in [6.07, 6.45) is 5.63. The second-order valence-electron chi connectivity index (χ2n) is 7.86. The molecule has 6 nitrogen and oxygen atoms in total. The molecule has 1 unspecified atom stereocenters. The van der Waals surface area contributed by atoms with Gasteiger partial charge in [0.05, 0.1) is 12.8 Å². The number of hydrogen-bond acceptors (Lipinski definition) is 5. The second kappa shape index (κ2) is 12.7. The zero-order valence-electron chi connectivity index (χ0n) is 19.1. The van der Waals surface area contributed by atoms with Crippen LogP contribution in [0.5, 0.6) is 5.75 Å². The maximum atomic E-state index is 13.0. The quantitative estimate of drug-likeness (QED) is 0.400. The number of hydrogen-bond donors (Lipinski definition) is 1. The summed E-state index contributed by atoms with van der Waals surface area (Å²) in [6.45, 7) is 2.78. The number of thioether (sulfide) groups is 1. The van der Waals surface area contributed by atoms with E-state index in [1.807, 2.05) is 24.3 Å². The van der Waals surface area contributed by atoms with Gasteiger partial charge < -0.3 is 10.1 Å². The Bertz CT molecular complexity index is 981. The predicted molar refractivity (Wildman–Crippen MR) is 137 cm³/mol. The van der Waals surface area contributed by atoms with Crippen LogP contribution in [0.25, 0.3) is 0 Å². The van der Waals surface area contributed by atoms with Crippen LogP contribution in [0.1, 0.15) is 45.4 Å². The van der Waals surface area contributed by atoms with Gasteiger partial charge in [0.1, 0.15) is 11.0 Å². The maximum absolute atomic E-state index is 13.0. The van der Waals surface area contributed by atoms with Gasteiger partial charge in [-0.3, -0.25) is 14.5 Å². The van der Waals surface area contributed by atoms with E-state index >= 15 is 0 Å². The van der Waals surface area contributed by atoms with Crippen molar-refractivity contribution in [1.29, 1.82) is 0 Å². The number of carbonyl (C=O) groups is 2. The number of nitrogens with zero attached hydrogens (tertiary/aromatic N) is 2. The van der Waals surface area contributed by atoms with E-state index < -0.39 is 5.25 Å². The van der Waals surface area contributed by atoms with E-state index in [9.17, 15) is 9.59 Å². The molecule has 3 rings (SSSR count). The Balaban J connectivity index is 1.76. The summed E-state index contributed by atoms with van der Waals surface area (Å²) in [5.41, 5.74) is 1.31. The van der Waals surface area contributed by atoms with Crippen molar-refractivity contribution in [3.8, 4) is 5.75 Å². The van der Waals surface area contributed by atoms with E-state index in [2.05, 4.69) is 12.2 Å². The van der Waals surface area contributed by atoms with Gasteiger partial charge in [-0.15, -0.1) is 0 Å². The third kappa shape index (κ3) is 7.51. The standard InChI is InChI=1S/C25H30ClN3O3S/c1-3-4-5-6-7-15-29-23(30)17-22(24(31)27-20-10-8-9-18(26)16-20)33-25(29)28-19-11-13-21(32-2)14-12-19/h8-14,16,22H,3-7,15,17H2,1-2H3,(H,27,31). The summed E-state index contributed by atoms with van der Waals surface area (Å²) < 4.78 is 5.22. The van der Waals surface area contributed by atoms with E-state index in [1.165, 1.54) is 24.6 Å². The first-order valence-corrected chi connectivity index (χ1v) is 12.5. The van der Waals surface area contributed by atoms with E-state index in [0.717, 1.165) is 25.0 Å². The monoisotopic (exact) mass is 487 g/mol. The largest absolute Gasteiger partial charge is 0.497 e. The molecular formula is C25H30ClN3O3S. The Labute approximate surface area is 204 Å². The van der Waals surface area contributed by atoms with Crippen molar-refractivity contribution in [1.82, 2.24) is 4.90 Å². The zero-order valence-corrected chi connectivity index (χ0v) is 20.6. The topological polar surface area (TPSA) is 71.0 Å². The highest BCUT2D eigenvalue weighted by Gasteiger charge is 2.35. The average molecular weight is 488 g/mol. The average Bonchev–Trinajstić information content (AvgIpc) is 2.80. The first kappa shape index (κ1) is 25.1. The minimum absolute atomic E-state index is 0.0808. The first-order chi connectivity index (χ1) is 16.0. The van der Waals surface area contributed by atoms with Gasteiger partial charge in [0.15, 0.2) is 5.17 Å². The van der Waals surface area contributed by atoms with Crippen molar-refractivity contribution in [2.45, 2.75) is 50.7 Å². The third-order valence-corrected chi connectivity index (χ3v) is 6.73. The highest BCUT2D eigenvalue weighted by atomic mass is 35.5. The molecular weight excluding hydrogens is 458 g/mol. The van der Waals surface area contributed by atoms with Crippen LogP contribution in [-0.2, 0) is 9.59 Å². The van der Waals surface area contributed by atoms with Crippen LogP contribution in [0.15, 0.2) is 53.5 Å². The Morgan fingerprint density at radius 1 is 1.18 bits per heavy atom. The predicted octanol–water partition coefficient (Wildman–Crippen LogP) is 6.28. The number of amides is 2. The Morgan fingerprint density at radius 2 is 1.94 bits per heavy atom. The summed E-state index contributed by atoms with van der Waals surface area (Å²) in [5.74, 6) is 0.418. The van der Waals surface area contributed by atoms with Gasteiger partial charge in [-0.2, -0.15) is 0 Å². The molecule has 176 valence electrons. The van der Waals surface area contributed by atoms with E-state index in [4.69, 9.17) is 21.3 Å². The molecule has 0 spiro atoms. The summed E-state index contributed by atoms with van der Waals surface area (Å²) in [5, 5.41) is 3.39. The summed E-state index contributed by atoms with van der Waals surface area (Å²) >= 11 is 7.35. The van der Waals surface area contributed by atoms with Crippen molar-refractivity contribution in [3.05, 3.63) is 53.6 Å². The maximum Gasteiger partial charge on any atom is 0.238 e. The molecule has 33 heavy (non-hydrogen) atoms. The van der Waals surface area contributed by atoms with Gasteiger partial charge in [-0.25, -0.2) is 4.99 Å². The number of aliphatic imine (C=N–C) groups is 1. The summed E-state index contributed by atoms with van der Waals surface area (Å²) in [4.78, 5) is 32.4. The van der Waals surface area contributed by atoms with Crippen LogP contribution in [0.4, 0.5) is 11.4 Å². The van der Waals surface area contributed by atoms with Crippen molar-refractivity contribution in [2.75, 3.05) is 19.0 Å². The fraction of sp³-hybridized carbons (Fsp3) is 0.400. The zero-order chi connectivity index (χ0) is 23.6. The molecule has 1 fully saturated rings. The molecule has 1 heterocycles. The normalized spacial score (nSPS) is 17.3. The number of nitrogens with one attached hydrogen (secondary N) is 1. The Morgan fingerprint density at radius 3 is 2.64 bits per heavy atom. The number of unbranched alkanes of at least 4 members (excludes halogenated alkanes) is 4. The number of benzene rings is 2. The fourth-order valence-corrected chi connectivity index (χ4v) is 4.81. The number of methoxy groups -OCH3 is 1. The second-order valence-corrected chi connectivity index (χ2v) is 9.47. The van der Waals surface area contributed by atoms with Gasteiger partial charge in [-0.05, 0) is 48.9 Å². The molecule has 2 amide bonds. The van der Waals surface area contributed by atoms with Gasteiger partial charge in [0, 0.05) is 23.7 Å². The minimum Gasteiger partial charge on any atom is -0.497 e. The molecule has 0 bridgehead atoms. The fourth-order valence-electron chi connectivity index (χ4n) is 3.49. The molecule has 2 aromatic rings. The lowest BCUT2D eigenvalue weighted by molar-refractivity contribution is -0.129.